The summed E-state index contributed by atoms with van der Waals surface area (Å²) in [6, 6.07) is 1.16. The van der Waals surface area contributed by atoms with Crippen molar-refractivity contribution in [3.05, 3.63) is 12.2 Å². The molecule has 2 nitrogen and oxygen atoms in total. The van der Waals surface area contributed by atoms with Gasteiger partial charge < -0.3 is 8.85 Å². The second kappa shape index (κ2) is 5.99. The molecule has 2 aliphatic rings. The van der Waals surface area contributed by atoms with E-state index >= 15 is 0 Å². The molecule has 0 aromatic rings. The largest absolute Gasteiger partial charge is 0.394 e. The first-order chi connectivity index (χ1) is 7.83. The van der Waals surface area contributed by atoms with E-state index in [1.165, 1.54) is 19.3 Å². The van der Waals surface area contributed by atoms with Crippen molar-refractivity contribution in [3.63, 3.8) is 0 Å². The van der Waals surface area contributed by atoms with Gasteiger partial charge in [0.2, 0.25) is 0 Å². The summed E-state index contributed by atoms with van der Waals surface area (Å²) < 4.78 is 11.4. The van der Waals surface area contributed by atoms with Gasteiger partial charge in [0, 0.05) is 13.2 Å². The predicted molar refractivity (Wildman–Crippen MR) is 67.3 cm³/mol. The van der Waals surface area contributed by atoms with Gasteiger partial charge in [0.25, 0.3) is 0 Å². The molecule has 1 radical (unpaired) electrons. The van der Waals surface area contributed by atoms with Crippen LogP contribution in [0.25, 0.3) is 0 Å². The molecule has 0 saturated heterocycles. The maximum atomic E-state index is 5.68. The van der Waals surface area contributed by atoms with Gasteiger partial charge in [-0.15, -0.1) is 0 Å². The molecule has 2 aliphatic carbocycles. The van der Waals surface area contributed by atoms with E-state index in [-0.39, 0.29) is 0 Å². The molecule has 0 aromatic heterocycles. The van der Waals surface area contributed by atoms with Gasteiger partial charge in [0.1, 0.15) is 0 Å². The molecule has 0 N–H and O–H groups in total. The Balaban J connectivity index is 1.71. The van der Waals surface area contributed by atoms with Crippen molar-refractivity contribution >= 4 is 9.28 Å². The summed E-state index contributed by atoms with van der Waals surface area (Å²) in [4.78, 5) is 0. The second-order valence-corrected chi connectivity index (χ2v) is 6.64. The van der Waals surface area contributed by atoms with E-state index in [1.54, 1.807) is 0 Å². The van der Waals surface area contributed by atoms with Crippen LogP contribution in [0.15, 0.2) is 12.2 Å². The second-order valence-electron chi connectivity index (χ2n) is 4.82. The average molecular weight is 239 g/mol. The van der Waals surface area contributed by atoms with Crippen molar-refractivity contribution in [1.29, 1.82) is 0 Å². The first-order valence-corrected chi connectivity index (χ1v) is 8.15. The van der Waals surface area contributed by atoms with Gasteiger partial charge in [-0.25, -0.2) is 0 Å². The molecule has 2 rings (SSSR count). The van der Waals surface area contributed by atoms with E-state index in [0.717, 1.165) is 37.0 Å². The first kappa shape index (κ1) is 12.3. The fourth-order valence-corrected chi connectivity index (χ4v) is 4.66. The topological polar surface area (TPSA) is 18.5 Å². The summed E-state index contributed by atoms with van der Waals surface area (Å²) >= 11 is 0. The van der Waals surface area contributed by atoms with Crippen LogP contribution in [0.2, 0.25) is 6.04 Å². The Labute approximate surface area is 101 Å². The molecule has 1 saturated carbocycles. The highest BCUT2D eigenvalue weighted by molar-refractivity contribution is 6.44. The minimum atomic E-state index is -0.974. The minimum Gasteiger partial charge on any atom is -0.394 e. The standard InChI is InChI=1S/C13H23O2Si/c1-3-14-16(15-4-2)8-7-13-10-11-5-6-12(13)9-11/h5-6,11-13H,3-4,7-10H2,1-2H3. The van der Waals surface area contributed by atoms with Gasteiger partial charge in [-0.2, -0.15) is 0 Å². The van der Waals surface area contributed by atoms with Crippen molar-refractivity contribution in [3.8, 4) is 0 Å². The third-order valence-corrected chi connectivity index (χ3v) is 5.66. The molecular formula is C13H23O2Si. The van der Waals surface area contributed by atoms with E-state index in [2.05, 4.69) is 26.0 Å². The molecule has 3 unspecified atom stereocenters. The number of hydrogen-bond acceptors (Lipinski definition) is 2. The lowest BCUT2D eigenvalue weighted by molar-refractivity contribution is 0.210. The Kier molecular flexibility index (Phi) is 4.62. The lowest BCUT2D eigenvalue weighted by Crippen LogP contribution is -2.24. The minimum absolute atomic E-state index is 0.797. The van der Waals surface area contributed by atoms with E-state index in [0.29, 0.717) is 0 Å². The molecule has 91 valence electrons. The molecule has 0 aliphatic heterocycles. The monoisotopic (exact) mass is 239 g/mol. The Bertz CT molecular complexity index is 236. The van der Waals surface area contributed by atoms with E-state index in [4.69, 9.17) is 8.85 Å². The van der Waals surface area contributed by atoms with E-state index in [9.17, 15) is 0 Å². The Morgan fingerprint density at radius 2 is 1.88 bits per heavy atom. The third kappa shape index (κ3) is 2.96. The van der Waals surface area contributed by atoms with Gasteiger partial charge in [0.05, 0.1) is 0 Å². The normalized spacial score (nSPS) is 31.8. The summed E-state index contributed by atoms with van der Waals surface area (Å²) in [5, 5.41) is 0. The highest BCUT2D eigenvalue weighted by Gasteiger charge is 2.35. The van der Waals surface area contributed by atoms with Crippen molar-refractivity contribution in [2.45, 2.75) is 39.2 Å². The number of fused-ring (bicyclic) bond motifs is 2. The summed E-state index contributed by atoms with van der Waals surface area (Å²) in [5.74, 6) is 2.68. The molecule has 0 spiro atoms. The lowest BCUT2D eigenvalue weighted by Gasteiger charge is -2.20. The van der Waals surface area contributed by atoms with Crippen LogP contribution in [0.4, 0.5) is 0 Å². The zero-order valence-electron chi connectivity index (χ0n) is 10.4. The zero-order valence-corrected chi connectivity index (χ0v) is 11.4. The van der Waals surface area contributed by atoms with E-state index in [1.807, 2.05) is 0 Å². The van der Waals surface area contributed by atoms with E-state index < -0.39 is 9.28 Å². The van der Waals surface area contributed by atoms with Crippen LogP contribution in [-0.4, -0.2) is 22.5 Å². The van der Waals surface area contributed by atoms with Crippen LogP contribution in [0.5, 0.6) is 0 Å². The first-order valence-electron chi connectivity index (χ1n) is 6.63. The van der Waals surface area contributed by atoms with Crippen molar-refractivity contribution < 1.29 is 8.85 Å². The third-order valence-electron chi connectivity index (χ3n) is 3.75. The Morgan fingerprint density at radius 1 is 1.12 bits per heavy atom. The maximum absolute atomic E-state index is 5.68. The SMILES string of the molecule is CCO[Si](CCC1CC2C=CC1C2)OCC. The fourth-order valence-electron chi connectivity index (χ4n) is 3.04. The highest BCUT2D eigenvalue weighted by Crippen LogP contribution is 2.45. The quantitative estimate of drug-likeness (QED) is 0.502. The van der Waals surface area contributed by atoms with Gasteiger partial charge in [0.15, 0.2) is 0 Å². The molecule has 3 atom stereocenters. The van der Waals surface area contributed by atoms with Crippen LogP contribution in [0.3, 0.4) is 0 Å². The molecule has 3 heteroatoms. The maximum Gasteiger partial charge on any atom is 0.384 e. The van der Waals surface area contributed by atoms with Gasteiger partial charge in [-0.05, 0) is 56.9 Å². The Morgan fingerprint density at radius 3 is 2.38 bits per heavy atom. The van der Waals surface area contributed by atoms with Gasteiger partial charge in [-0.1, -0.05) is 12.2 Å². The van der Waals surface area contributed by atoms with Crippen molar-refractivity contribution in [2.24, 2.45) is 17.8 Å². The lowest BCUT2D eigenvalue weighted by atomic mass is 9.91. The van der Waals surface area contributed by atoms with Crippen LogP contribution in [0.1, 0.15) is 33.1 Å². The summed E-state index contributed by atoms with van der Waals surface area (Å²) in [7, 11) is -0.974. The molecule has 16 heavy (non-hydrogen) atoms. The molecule has 0 heterocycles. The van der Waals surface area contributed by atoms with Crippen LogP contribution >= 0.6 is 0 Å². The molecule has 1 fully saturated rings. The van der Waals surface area contributed by atoms with Crippen LogP contribution < -0.4 is 0 Å². The fraction of sp³-hybridized carbons (Fsp3) is 0.846. The van der Waals surface area contributed by atoms with Gasteiger partial charge >= 0.3 is 9.28 Å². The number of rotatable bonds is 7. The Hall–Kier alpha value is -0.123. The van der Waals surface area contributed by atoms with Gasteiger partial charge in [-0.3, -0.25) is 0 Å². The summed E-state index contributed by atoms with van der Waals surface area (Å²) in [6.45, 7) is 5.71. The number of hydrogen-bond donors (Lipinski definition) is 0. The van der Waals surface area contributed by atoms with Crippen LogP contribution in [0, 0.1) is 17.8 Å². The predicted octanol–water partition coefficient (Wildman–Crippen LogP) is 3.15. The summed E-state index contributed by atoms with van der Waals surface area (Å²) in [5.41, 5.74) is 0. The van der Waals surface area contributed by atoms with Crippen molar-refractivity contribution in [1.82, 2.24) is 0 Å². The van der Waals surface area contributed by atoms with Crippen molar-refractivity contribution in [2.75, 3.05) is 13.2 Å². The highest BCUT2D eigenvalue weighted by atomic mass is 28.3. The molecular weight excluding hydrogens is 216 g/mol. The molecule has 0 amide bonds. The zero-order chi connectivity index (χ0) is 11.4. The molecule has 0 aromatic carbocycles. The average Bonchev–Trinajstić information content (AvgIpc) is 2.88. The van der Waals surface area contributed by atoms with Crippen LogP contribution in [-0.2, 0) is 8.85 Å². The smallest absolute Gasteiger partial charge is 0.384 e. The number of allylic oxidation sites excluding steroid dienone is 2. The molecule has 2 bridgehead atoms. The summed E-state index contributed by atoms with van der Waals surface area (Å²) in [6.07, 6.45) is 8.98.